The van der Waals surface area contributed by atoms with Gasteiger partial charge in [-0.2, -0.15) is 0 Å². The monoisotopic (exact) mass is 421 g/mol. The Bertz CT molecular complexity index is 664. The quantitative estimate of drug-likeness (QED) is 0.656. The normalized spacial score (nSPS) is 17.0. The van der Waals surface area contributed by atoms with Crippen LogP contribution < -0.4 is 5.32 Å². The summed E-state index contributed by atoms with van der Waals surface area (Å²) in [6.07, 6.45) is 6.64. The Labute approximate surface area is 181 Å². The van der Waals surface area contributed by atoms with Crippen LogP contribution in [-0.2, 0) is 0 Å². The van der Waals surface area contributed by atoms with Crippen molar-refractivity contribution in [2.75, 3.05) is 32.7 Å². The second kappa shape index (κ2) is 11.6. The number of hydrogen-bond acceptors (Lipinski definition) is 3. The number of rotatable bonds is 9. The van der Waals surface area contributed by atoms with E-state index in [0.717, 1.165) is 64.3 Å². The maximum atomic E-state index is 13.0. The highest BCUT2D eigenvalue weighted by Gasteiger charge is 2.26. The summed E-state index contributed by atoms with van der Waals surface area (Å²) in [5.41, 5.74) is 1.25. The summed E-state index contributed by atoms with van der Waals surface area (Å²) in [5, 5.41) is 3.66. The molecule has 1 saturated heterocycles. The van der Waals surface area contributed by atoms with Gasteiger partial charge in [-0.05, 0) is 69.2 Å². The number of amides is 2. The number of piperidine rings is 1. The predicted octanol–water partition coefficient (Wildman–Crippen LogP) is 3.97. The minimum Gasteiger partial charge on any atom is -0.339 e. The molecular formula is C23H36ClN3O2. The summed E-state index contributed by atoms with van der Waals surface area (Å²) in [6, 6.07) is 7.81. The van der Waals surface area contributed by atoms with Gasteiger partial charge in [-0.15, -0.1) is 12.4 Å². The van der Waals surface area contributed by atoms with Crippen molar-refractivity contribution >= 4 is 24.2 Å². The minimum atomic E-state index is 0. The highest BCUT2D eigenvalue weighted by atomic mass is 35.5. The molecule has 0 radical (unpaired) electrons. The minimum absolute atomic E-state index is 0. The van der Waals surface area contributed by atoms with E-state index in [0.29, 0.717) is 17.2 Å². The Morgan fingerprint density at radius 1 is 1.03 bits per heavy atom. The third-order valence-corrected chi connectivity index (χ3v) is 5.81. The van der Waals surface area contributed by atoms with Gasteiger partial charge in [-0.1, -0.05) is 19.9 Å². The molecule has 2 amide bonds. The van der Waals surface area contributed by atoms with Crippen LogP contribution in [0.2, 0.25) is 0 Å². The summed E-state index contributed by atoms with van der Waals surface area (Å²) in [6.45, 7) is 8.39. The molecule has 0 spiro atoms. The van der Waals surface area contributed by atoms with Gasteiger partial charge >= 0.3 is 0 Å². The third kappa shape index (κ3) is 6.71. The summed E-state index contributed by atoms with van der Waals surface area (Å²) in [4.78, 5) is 29.6. The van der Waals surface area contributed by atoms with Crippen LogP contribution in [0.1, 0.15) is 73.1 Å². The lowest BCUT2D eigenvalue weighted by Crippen LogP contribution is -2.45. The summed E-state index contributed by atoms with van der Waals surface area (Å²) in [7, 11) is 0. The first kappa shape index (κ1) is 23.7. The van der Waals surface area contributed by atoms with Crippen LogP contribution in [0.4, 0.5) is 0 Å². The van der Waals surface area contributed by atoms with Crippen LogP contribution in [-0.4, -0.2) is 60.4 Å². The number of hydrogen-bond donors (Lipinski definition) is 1. The Morgan fingerprint density at radius 2 is 1.66 bits per heavy atom. The van der Waals surface area contributed by atoms with E-state index in [9.17, 15) is 9.59 Å². The molecule has 0 unspecified atom stereocenters. The molecule has 1 aromatic carbocycles. The van der Waals surface area contributed by atoms with Gasteiger partial charge in [0, 0.05) is 43.3 Å². The predicted molar refractivity (Wildman–Crippen MR) is 120 cm³/mol. The molecule has 2 fully saturated rings. The molecular weight excluding hydrogens is 386 g/mol. The lowest BCUT2D eigenvalue weighted by atomic mass is 10.0. The lowest BCUT2D eigenvalue weighted by Gasteiger charge is -2.32. The van der Waals surface area contributed by atoms with Gasteiger partial charge < -0.3 is 15.1 Å². The topological polar surface area (TPSA) is 52.7 Å². The number of nitrogens with zero attached hydrogens (tertiary/aromatic N) is 2. The van der Waals surface area contributed by atoms with Crippen molar-refractivity contribution < 1.29 is 9.59 Å². The van der Waals surface area contributed by atoms with E-state index in [1.54, 1.807) is 6.07 Å². The van der Waals surface area contributed by atoms with Gasteiger partial charge in [0.25, 0.3) is 11.8 Å². The maximum absolute atomic E-state index is 13.0. The summed E-state index contributed by atoms with van der Waals surface area (Å²) in [5.74, 6) is 0.967. The fourth-order valence-electron chi connectivity index (χ4n) is 3.95. The fraction of sp³-hybridized carbons (Fsp3) is 0.652. The fourth-order valence-corrected chi connectivity index (χ4v) is 3.95. The second-order valence-electron chi connectivity index (χ2n) is 8.29. The van der Waals surface area contributed by atoms with Gasteiger partial charge in [-0.3, -0.25) is 9.59 Å². The van der Waals surface area contributed by atoms with Crippen molar-refractivity contribution in [1.29, 1.82) is 0 Å². The molecule has 6 heteroatoms. The van der Waals surface area contributed by atoms with E-state index < -0.39 is 0 Å². The van der Waals surface area contributed by atoms with Gasteiger partial charge in [0.05, 0.1) is 0 Å². The Kier molecular flexibility index (Phi) is 9.44. The molecule has 29 heavy (non-hydrogen) atoms. The maximum Gasteiger partial charge on any atom is 0.253 e. The number of likely N-dealkylation sites (tertiary alicyclic amines) is 1. The van der Waals surface area contributed by atoms with E-state index in [-0.39, 0.29) is 24.2 Å². The molecule has 1 aliphatic heterocycles. The SMILES string of the molecule is CCCN(CCC)C(=O)c1cccc(C(=O)N2CCC(NCC3CC3)CC2)c1.Cl. The Hall–Kier alpha value is -1.59. The van der Waals surface area contributed by atoms with Crippen LogP contribution in [0.3, 0.4) is 0 Å². The molecule has 2 aliphatic rings. The lowest BCUT2D eigenvalue weighted by molar-refractivity contribution is 0.0705. The smallest absolute Gasteiger partial charge is 0.253 e. The van der Waals surface area contributed by atoms with Crippen LogP contribution in [0.15, 0.2) is 24.3 Å². The molecule has 3 rings (SSSR count). The van der Waals surface area contributed by atoms with Crippen LogP contribution in [0.25, 0.3) is 0 Å². The zero-order chi connectivity index (χ0) is 19.9. The number of carbonyl (C=O) groups is 2. The van der Waals surface area contributed by atoms with Crippen molar-refractivity contribution in [3.05, 3.63) is 35.4 Å². The zero-order valence-corrected chi connectivity index (χ0v) is 18.7. The molecule has 1 N–H and O–H groups in total. The third-order valence-electron chi connectivity index (χ3n) is 5.81. The second-order valence-corrected chi connectivity index (χ2v) is 8.29. The molecule has 1 aliphatic carbocycles. The Balaban J connectivity index is 0.00000300. The van der Waals surface area contributed by atoms with Gasteiger partial charge in [0.1, 0.15) is 0 Å². The van der Waals surface area contributed by atoms with Gasteiger partial charge in [0.15, 0.2) is 0 Å². The summed E-state index contributed by atoms with van der Waals surface area (Å²) < 4.78 is 0. The van der Waals surface area contributed by atoms with Crippen LogP contribution >= 0.6 is 12.4 Å². The van der Waals surface area contributed by atoms with E-state index in [1.807, 2.05) is 28.0 Å². The average molecular weight is 422 g/mol. The van der Waals surface area contributed by atoms with E-state index in [1.165, 1.54) is 12.8 Å². The highest BCUT2D eigenvalue weighted by molar-refractivity contribution is 5.99. The van der Waals surface area contributed by atoms with Crippen molar-refractivity contribution in [3.63, 3.8) is 0 Å². The molecule has 1 aromatic rings. The Morgan fingerprint density at radius 3 is 2.24 bits per heavy atom. The molecule has 0 bridgehead atoms. The van der Waals surface area contributed by atoms with Crippen molar-refractivity contribution in [2.45, 2.75) is 58.4 Å². The van der Waals surface area contributed by atoms with E-state index >= 15 is 0 Å². The molecule has 5 nitrogen and oxygen atoms in total. The van der Waals surface area contributed by atoms with E-state index in [4.69, 9.17) is 0 Å². The molecule has 0 atom stereocenters. The number of benzene rings is 1. The molecule has 0 aromatic heterocycles. The van der Waals surface area contributed by atoms with Gasteiger partial charge in [-0.25, -0.2) is 0 Å². The van der Waals surface area contributed by atoms with Crippen molar-refractivity contribution in [2.24, 2.45) is 5.92 Å². The van der Waals surface area contributed by atoms with Gasteiger partial charge in [0.2, 0.25) is 0 Å². The highest BCUT2D eigenvalue weighted by Crippen LogP contribution is 2.28. The van der Waals surface area contributed by atoms with Crippen molar-refractivity contribution in [3.8, 4) is 0 Å². The number of halogens is 1. The zero-order valence-electron chi connectivity index (χ0n) is 17.9. The number of carbonyl (C=O) groups excluding carboxylic acids is 2. The first-order chi connectivity index (χ1) is 13.6. The van der Waals surface area contributed by atoms with Crippen molar-refractivity contribution in [1.82, 2.24) is 15.1 Å². The summed E-state index contributed by atoms with van der Waals surface area (Å²) >= 11 is 0. The molecule has 1 saturated carbocycles. The van der Waals surface area contributed by atoms with E-state index in [2.05, 4.69) is 19.2 Å². The molecule has 1 heterocycles. The first-order valence-electron chi connectivity index (χ1n) is 11.0. The van der Waals surface area contributed by atoms with Crippen LogP contribution in [0, 0.1) is 5.92 Å². The van der Waals surface area contributed by atoms with Crippen LogP contribution in [0.5, 0.6) is 0 Å². The standard InChI is InChI=1S/C23H35N3O2.ClH/c1-3-12-25(13-4-2)22(27)19-6-5-7-20(16-19)23(28)26-14-10-21(11-15-26)24-17-18-8-9-18;/h5-7,16,18,21,24H,3-4,8-15,17H2,1-2H3;1H. The molecule has 162 valence electrons. The average Bonchev–Trinajstić information content (AvgIpc) is 3.56. The largest absolute Gasteiger partial charge is 0.339 e. The number of nitrogens with one attached hydrogen (secondary N) is 1. The first-order valence-corrected chi connectivity index (χ1v) is 11.0.